The largest absolute Gasteiger partial charge is 0.369 e. The van der Waals surface area contributed by atoms with Gasteiger partial charge in [-0.2, -0.15) is 0 Å². The maximum atomic E-state index is 11.2. The fraction of sp³-hybridized carbons (Fsp3) is 0.533. The van der Waals surface area contributed by atoms with Gasteiger partial charge in [-0.25, -0.2) is 0 Å². The molecule has 0 atom stereocenters. The summed E-state index contributed by atoms with van der Waals surface area (Å²) >= 11 is 0. The van der Waals surface area contributed by atoms with Crippen molar-refractivity contribution in [2.24, 2.45) is 0 Å². The number of carbonyl (C=O) groups is 1. The minimum atomic E-state index is -0.449. The van der Waals surface area contributed by atoms with E-state index in [0.29, 0.717) is 0 Å². The van der Waals surface area contributed by atoms with Crippen molar-refractivity contribution in [1.82, 2.24) is 4.90 Å². The van der Waals surface area contributed by atoms with E-state index in [-0.39, 0.29) is 17.3 Å². The summed E-state index contributed by atoms with van der Waals surface area (Å²) in [5, 5.41) is 13.7. The number of amides is 1. The molecule has 2 aliphatic rings. The van der Waals surface area contributed by atoms with E-state index >= 15 is 0 Å². The molecule has 1 saturated heterocycles. The first-order chi connectivity index (χ1) is 10.5. The van der Waals surface area contributed by atoms with Crippen molar-refractivity contribution in [2.75, 3.05) is 36.4 Å². The number of hydrogen-bond acceptors (Lipinski definition) is 5. The van der Waals surface area contributed by atoms with Crippen LogP contribution < -0.4 is 10.2 Å². The van der Waals surface area contributed by atoms with Crippen LogP contribution in [0, 0.1) is 10.1 Å². The summed E-state index contributed by atoms with van der Waals surface area (Å²) in [6.07, 6.45) is 2.60. The zero-order valence-corrected chi connectivity index (χ0v) is 12.6. The number of anilines is 2. The zero-order chi connectivity index (χ0) is 15.7. The number of nitrogens with zero attached hydrogens (tertiary/aromatic N) is 3. The van der Waals surface area contributed by atoms with Gasteiger partial charge in [0.05, 0.1) is 4.92 Å². The van der Waals surface area contributed by atoms with Gasteiger partial charge >= 0.3 is 0 Å². The summed E-state index contributed by atoms with van der Waals surface area (Å²) in [5.74, 6) is -0.311. The molecule has 0 radical (unpaired) electrons. The number of nitro groups is 1. The topological polar surface area (TPSA) is 78.7 Å². The minimum absolute atomic E-state index is 0.0580. The number of nitro benzene ring substituents is 1. The second kappa shape index (κ2) is 5.92. The van der Waals surface area contributed by atoms with Crippen LogP contribution in [-0.4, -0.2) is 48.0 Å². The highest BCUT2D eigenvalue weighted by Gasteiger charge is 2.31. The highest BCUT2D eigenvalue weighted by atomic mass is 16.6. The Kier molecular flexibility index (Phi) is 3.98. The van der Waals surface area contributed by atoms with Gasteiger partial charge in [-0.15, -0.1) is 0 Å². The number of hydrogen-bond donors (Lipinski definition) is 1. The minimum Gasteiger partial charge on any atom is -0.369 e. The van der Waals surface area contributed by atoms with E-state index in [0.717, 1.165) is 37.9 Å². The Hall–Kier alpha value is -2.15. The molecule has 1 aromatic rings. The lowest BCUT2D eigenvalue weighted by atomic mass is 10.2. The van der Waals surface area contributed by atoms with E-state index in [1.807, 2.05) is 6.07 Å². The van der Waals surface area contributed by atoms with Gasteiger partial charge in [0.25, 0.3) is 5.69 Å². The second-order valence-electron chi connectivity index (χ2n) is 5.89. The SMILES string of the molecule is CC(=O)Nc1ccc(N2CCN(C3CC3)CC2)cc1[N+](=O)[O-]. The molecule has 118 valence electrons. The van der Waals surface area contributed by atoms with Crippen molar-refractivity contribution in [3.05, 3.63) is 28.3 Å². The Morgan fingerprint density at radius 2 is 1.95 bits per heavy atom. The molecule has 1 aromatic carbocycles. The van der Waals surface area contributed by atoms with Crippen LogP contribution in [0.1, 0.15) is 19.8 Å². The van der Waals surface area contributed by atoms with Crippen LogP contribution in [0.15, 0.2) is 18.2 Å². The molecule has 7 heteroatoms. The molecule has 22 heavy (non-hydrogen) atoms. The van der Waals surface area contributed by atoms with Crippen LogP contribution in [0.3, 0.4) is 0 Å². The van der Waals surface area contributed by atoms with E-state index in [1.165, 1.54) is 19.8 Å². The molecule has 1 aliphatic carbocycles. The zero-order valence-electron chi connectivity index (χ0n) is 12.6. The molecule has 1 heterocycles. The van der Waals surface area contributed by atoms with Crippen LogP contribution in [0.4, 0.5) is 17.1 Å². The lowest BCUT2D eigenvalue weighted by molar-refractivity contribution is -0.383. The summed E-state index contributed by atoms with van der Waals surface area (Å²) in [4.78, 5) is 26.6. The lowest BCUT2D eigenvalue weighted by Gasteiger charge is -2.36. The van der Waals surface area contributed by atoms with E-state index in [9.17, 15) is 14.9 Å². The summed E-state index contributed by atoms with van der Waals surface area (Å²) in [6, 6.07) is 5.77. The van der Waals surface area contributed by atoms with Gasteiger partial charge in [-0.3, -0.25) is 19.8 Å². The molecule has 2 fully saturated rings. The third-order valence-electron chi connectivity index (χ3n) is 4.23. The van der Waals surface area contributed by atoms with Gasteiger partial charge in [-0.1, -0.05) is 0 Å². The maximum absolute atomic E-state index is 11.2. The predicted octanol–water partition coefficient (Wildman–Crippen LogP) is 1.84. The maximum Gasteiger partial charge on any atom is 0.294 e. The molecular formula is C15H20N4O3. The van der Waals surface area contributed by atoms with Crippen molar-refractivity contribution in [1.29, 1.82) is 0 Å². The van der Waals surface area contributed by atoms with Gasteiger partial charge in [-0.05, 0) is 25.0 Å². The summed E-state index contributed by atoms with van der Waals surface area (Å²) in [7, 11) is 0. The summed E-state index contributed by atoms with van der Waals surface area (Å²) < 4.78 is 0. The van der Waals surface area contributed by atoms with Crippen molar-refractivity contribution in [3.8, 4) is 0 Å². The van der Waals surface area contributed by atoms with E-state index in [1.54, 1.807) is 12.1 Å². The van der Waals surface area contributed by atoms with Crippen molar-refractivity contribution >= 4 is 23.0 Å². The molecule has 1 amide bonds. The molecule has 7 nitrogen and oxygen atoms in total. The van der Waals surface area contributed by atoms with Crippen molar-refractivity contribution in [2.45, 2.75) is 25.8 Å². The molecule has 1 N–H and O–H groups in total. The second-order valence-corrected chi connectivity index (χ2v) is 5.89. The average Bonchev–Trinajstić information content (AvgIpc) is 3.32. The monoisotopic (exact) mass is 304 g/mol. The van der Waals surface area contributed by atoms with Crippen molar-refractivity contribution < 1.29 is 9.72 Å². The Balaban J connectivity index is 1.75. The van der Waals surface area contributed by atoms with Crippen LogP contribution in [0.25, 0.3) is 0 Å². The van der Waals surface area contributed by atoms with Crippen LogP contribution in [0.2, 0.25) is 0 Å². The highest BCUT2D eigenvalue weighted by Crippen LogP contribution is 2.32. The molecular weight excluding hydrogens is 284 g/mol. The summed E-state index contributed by atoms with van der Waals surface area (Å²) in [6.45, 7) is 5.12. The van der Waals surface area contributed by atoms with E-state index in [2.05, 4.69) is 15.1 Å². The molecule has 0 aromatic heterocycles. The van der Waals surface area contributed by atoms with Gasteiger partial charge in [0.2, 0.25) is 5.91 Å². The fourth-order valence-corrected chi connectivity index (χ4v) is 2.95. The quantitative estimate of drug-likeness (QED) is 0.678. The van der Waals surface area contributed by atoms with Gasteiger partial charge in [0.1, 0.15) is 5.69 Å². The van der Waals surface area contributed by atoms with Gasteiger partial charge in [0, 0.05) is 50.9 Å². The van der Waals surface area contributed by atoms with E-state index in [4.69, 9.17) is 0 Å². The smallest absolute Gasteiger partial charge is 0.294 e. The number of rotatable bonds is 4. The number of carbonyl (C=O) groups excluding carboxylic acids is 1. The molecule has 0 bridgehead atoms. The van der Waals surface area contributed by atoms with Crippen molar-refractivity contribution in [3.63, 3.8) is 0 Å². The first kappa shape index (κ1) is 14.8. The normalized spacial score (nSPS) is 19.0. The third-order valence-corrected chi connectivity index (χ3v) is 4.23. The Bertz CT molecular complexity index is 592. The first-order valence-electron chi connectivity index (χ1n) is 7.59. The average molecular weight is 304 g/mol. The standard InChI is InChI=1S/C15H20N4O3/c1-11(20)16-14-5-4-13(10-15(14)19(21)22)18-8-6-17(7-9-18)12-2-3-12/h4-5,10,12H,2-3,6-9H2,1H3,(H,16,20). The molecule has 1 aliphatic heterocycles. The third kappa shape index (κ3) is 3.19. The summed E-state index contributed by atoms with van der Waals surface area (Å²) in [5.41, 5.74) is 1.03. The number of benzene rings is 1. The number of nitrogens with one attached hydrogen (secondary N) is 1. The molecule has 3 rings (SSSR count). The Morgan fingerprint density at radius 1 is 1.27 bits per heavy atom. The molecule has 0 spiro atoms. The number of piperazine rings is 1. The van der Waals surface area contributed by atoms with Gasteiger partial charge in [0.15, 0.2) is 0 Å². The lowest BCUT2D eigenvalue weighted by Crippen LogP contribution is -2.47. The van der Waals surface area contributed by atoms with Crippen LogP contribution >= 0.6 is 0 Å². The fourth-order valence-electron chi connectivity index (χ4n) is 2.95. The first-order valence-corrected chi connectivity index (χ1v) is 7.59. The highest BCUT2D eigenvalue weighted by molar-refractivity contribution is 5.91. The molecule has 0 unspecified atom stereocenters. The van der Waals surface area contributed by atoms with Gasteiger partial charge < -0.3 is 10.2 Å². The van der Waals surface area contributed by atoms with Crippen LogP contribution in [0.5, 0.6) is 0 Å². The molecule has 1 saturated carbocycles. The van der Waals surface area contributed by atoms with E-state index < -0.39 is 4.92 Å². The Labute approximate surface area is 129 Å². The van der Waals surface area contributed by atoms with Crippen LogP contribution in [-0.2, 0) is 4.79 Å². The Morgan fingerprint density at radius 3 is 2.50 bits per heavy atom. The predicted molar refractivity (Wildman–Crippen MR) is 84.2 cm³/mol.